The Hall–Kier alpha value is -1.65. The summed E-state index contributed by atoms with van der Waals surface area (Å²) in [4.78, 5) is 4.26. The Morgan fingerprint density at radius 3 is 2.94 bits per heavy atom. The van der Waals surface area contributed by atoms with Gasteiger partial charge in [0.2, 0.25) is 0 Å². The van der Waals surface area contributed by atoms with E-state index in [0.29, 0.717) is 12.2 Å². The molecule has 1 heterocycles. The number of rotatable bonds is 1. The number of hydrogen-bond donors (Lipinski definition) is 2. The van der Waals surface area contributed by atoms with Crippen molar-refractivity contribution >= 4 is 0 Å². The summed E-state index contributed by atoms with van der Waals surface area (Å²) in [5, 5.41) is 10.9. The van der Waals surface area contributed by atoms with Crippen molar-refractivity contribution in [1.82, 2.24) is 9.55 Å². The van der Waals surface area contributed by atoms with Crippen molar-refractivity contribution in [2.75, 3.05) is 0 Å². The second-order valence-electron chi connectivity index (χ2n) is 4.62. The van der Waals surface area contributed by atoms with Gasteiger partial charge in [-0.2, -0.15) is 0 Å². The minimum absolute atomic E-state index is 0.132. The Morgan fingerprint density at radius 1 is 1.47 bits per heavy atom. The molecule has 3 rings (SSSR count). The molecule has 0 saturated heterocycles. The van der Waals surface area contributed by atoms with E-state index in [2.05, 4.69) is 4.98 Å². The van der Waals surface area contributed by atoms with Crippen LogP contribution in [0.15, 0.2) is 36.7 Å². The number of imidazole rings is 1. The second-order valence-corrected chi connectivity index (χ2v) is 4.62. The van der Waals surface area contributed by atoms with Crippen LogP contribution in [-0.2, 0) is 12.6 Å². The van der Waals surface area contributed by atoms with E-state index in [1.54, 1.807) is 6.20 Å². The number of nitrogens with zero attached hydrogens (tertiary/aromatic N) is 2. The van der Waals surface area contributed by atoms with E-state index in [9.17, 15) is 5.11 Å². The van der Waals surface area contributed by atoms with Crippen LogP contribution in [0.3, 0.4) is 0 Å². The first-order valence-electron chi connectivity index (χ1n) is 5.68. The zero-order valence-corrected chi connectivity index (χ0v) is 9.67. The molecular formula is C13H15N3O. The lowest BCUT2D eigenvalue weighted by atomic mass is 9.95. The standard InChI is InChI=1S/C13H15N3O/c1-16-7-6-15-12(16)13(17)8-11(14)9-4-2-3-5-10(9)13/h2-7,11,17H,8,14H2,1H3. The van der Waals surface area contributed by atoms with E-state index < -0.39 is 5.60 Å². The van der Waals surface area contributed by atoms with Crippen LogP contribution in [0.1, 0.15) is 29.4 Å². The van der Waals surface area contributed by atoms with Gasteiger partial charge in [0.1, 0.15) is 11.4 Å². The Labute approximate surface area is 99.7 Å². The smallest absolute Gasteiger partial charge is 0.149 e. The number of nitrogens with two attached hydrogens (primary N) is 1. The molecule has 0 aliphatic heterocycles. The van der Waals surface area contributed by atoms with Gasteiger partial charge >= 0.3 is 0 Å². The van der Waals surface area contributed by atoms with E-state index in [0.717, 1.165) is 11.1 Å². The summed E-state index contributed by atoms with van der Waals surface area (Å²) in [6.45, 7) is 0. The van der Waals surface area contributed by atoms with Gasteiger partial charge in [0.15, 0.2) is 0 Å². The molecule has 1 aliphatic carbocycles. The number of aliphatic hydroxyl groups is 1. The van der Waals surface area contributed by atoms with Crippen molar-refractivity contribution in [3.05, 3.63) is 53.6 Å². The van der Waals surface area contributed by atoms with Crippen LogP contribution in [0.4, 0.5) is 0 Å². The zero-order valence-electron chi connectivity index (χ0n) is 9.67. The molecule has 2 aromatic rings. The van der Waals surface area contributed by atoms with Crippen molar-refractivity contribution < 1.29 is 5.11 Å². The van der Waals surface area contributed by atoms with Gasteiger partial charge in [-0.05, 0) is 11.1 Å². The lowest BCUT2D eigenvalue weighted by Gasteiger charge is -2.23. The van der Waals surface area contributed by atoms with Crippen molar-refractivity contribution in [2.24, 2.45) is 12.8 Å². The summed E-state index contributed by atoms with van der Waals surface area (Å²) in [7, 11) is 1.88. The number of benzene rings is 1. The second kappa shape index (κ2) is 3.42. The molecule has 3 N–H and O–H groups in total. The molecular weight excluding hydrogens is 214 g/mol. The minimum atomic E-state index is -1.06. The first kappa shape index (κ1) is 10.5. The predicted octanol–water partition coefficient (Wildman–Crippen LogP) is 1.06. The van der Waals surface area contributed by atoms with Gasteiger partial charge in [-0.15, -0.1) is 0 Å². The Kier molecular flexibility index (Phi) is 2.11. The van der Waals surface area contributed by atoms with Gasteiger partial charge in [-0.1, -0.05) is 24.3 Å². The number of aromatic nitrogens is 2. The third kappa shape index (κ3) is 1.34. The molecule has 0 saturated carbocycles. The largest absolute Gasteiger partial charge is 0.377 e. The maximum atomic E-state index is 10.9. The number of hydrogen-bond acceptors (Lipinski definition) is 3. The fourth-order valence-electron chi connectivity index (χ4n) is 2.71. The highest BCUT2D eigenvalue weighted by Crippen LogP contribution is 2.45. The van der Waals surface area contributed by atoms with Gasteiger partial charge in [0, 0.05) is 31.9 Å². The molecule has 1 aromatic carbocycles. The van der Waals surface area contributed by atoms with E-state index >= 15 is 0 Å². The Morgan fingerprint density at radius 2 is 2.24 bits per heavy atom. The van der Waals surface area contributed by atoms with Crippen molar-refractivity contribution in [2.45, 2.75) is 18.1 Å². The summed E-state index contributed by atoms with van der Waals surface area (Å²) >= 11 is 0. The highest BCUT2D eigenvalue weighted by atomic mass is 16.3. The molecule has 1 aromatic heterocycles. The minimum Gasteiger partial charge on any atom is -0.377 e. The quantitative estimate of drug-likeness (QED) is 0.768. The van der Waals surface area contributed by atoms with Crippen LogP contribution in [0.2, 0.25) is 0 Å². The predicted molar refractivity (Wildman–Crippen MR) is 64.2 cm³/mol. The van der Waals surface area contributed by atoms with E-state index in [4.69, 9.17) is 5.73 Å². The first-order chi connectivity index (χ1) is 8.13. The summed E-state index contributed by atoms with van der Waals surface area (Å²) in [6, 6.07) is 7.64. The molecule has 1 aliphatic rings. The molecule has 0 radical (unpaired) electrons. The zero-order chi connectivity index (χ0) is 12.0. The van der Waals surface area contributed by atoms with E-state index in [1.807, 2.05) is 42.1 Å². The summed E-state index contributed by atoms with van der Waals surface area (Å²) in [5.74, 6) is 0.651. The van der Waals surface area contributed by atoms with E-state index in [-0.39, 0.29) is 6.04 Å². The third-order valence-electron chi connectivity index (χ3n) is 3.51. The van der Waals surface area contributed by atoms with Crippen LogP contribution in [0.5, 0.6) is 0 Å². The van der Waals surface area contributed by atoms with Crippen molar-refractivity contribution in [3.63, 3.8) is 0 Å². The topological polar surface area (TPSA) is 64.1 Å². The normalized spacial score (nSPS) is 27.1. The summed E-state index contributed by atoms with van der Waals surface area (Å²) in [5.41, 5.74) is 6.91. The molecule has 0 fully saturated rings. The van der Waals surface area contributed by atoms with Gasteiger partial charge < -0.3 is 15.4 Å². The molecule has 2 atom stereocenters. The molecule has 0 amide bonds. The van der Waals surface area contributed by atoms with Gasteiger partial charge in [-0.25, -0.2) is 4.98 Å². The summed E-state index contributed by atoms with van der Waals surface area (Å²) in [6.07, 6.45) is 4.01. The Balaban J connectivity index is 2.21. The number of fused-ring (bicyclic) bond motifs is 1. The molecule has 4 heteroatoms. The third-order valence-corrected chi connectivity index (χ3v) is 3.51. The Bertz CT molecular complexity index is 563. The van der Waals surface area contributed by atoms with Crippen molar-refractivity contribution in [1.29, 1.82) is 0 Å². The molecule has 4 nitrogen and oxygen atoms in total. The maximum absolute atomic E-state index is 10.9. The summed E-state index contributed by atoms with van der Waals surface area (Å²) < 4.78 is 1.84. The van der Waals surface area contributed by atoms with E-state index in [1.165, 1.54) is 0 Å². The molecule has 0 spiro atoms. The van der Waals surface area contributed by atoms with Crippen LogP contribution in [0, 0.1) is 0 Å². The fourth-order valence-corrected chi connectivity index (χ4v) is 2.71. The average Bonchev–Trinajstić information content (AvgIpc) is 2.85. The monoisotopic (exact) mass is 229 g/mol. The van der Waals surface area contributed by atoms with Gasteiger partial charge in [0.25, 0.3) is 0 Å². The van der Waals surface area contributed by atoms with Crippen LogP contribution < -0.4 is 5.73 Å². The lowest BCUT2D eigenvalue weighted by molar-refractivity contribution is 0.0653. The van der Waals surface area contributed by atoms with Crippen LogP contribution in [-0.4, -0.2) is 14.7 Å². The molecule has 88 valence electrons. The number of aryl methyl sites for hydroxylation is 1. The molecule has 2 unspecified atom stereocenters. The highest BCUT2D eigenvalue weighted by Gasteiger charge is 2.44. The van der Waals surface area contributed by atoms with Gasteiger partial charge in [0.05, 0.1) is 0 Å². The first-order valence-corrected chi connectivity index (χ1v) is 5.68. The fraction of sp³-hybridized carbons (Fsp3) is 0.308. The molecule has 0 bridgehead atoms. The maximum Gasteiger partial charge on any atom is 0.149 e. The average molecular weight is 229 g/mol. The van der Waals surface area contributed by atoms with Crippen molar-refractivity contribution in [3.8, 4) is 0 Å². The lowest BCUT2D eigenvalue weighted by Crippen LogP contribution is -2.28. The van der Waals surface area contributed by atoms with Crippen LogP contribution >= 0.6 is 0 Å². The SMILES string of the molecule is Cn1ccnc1C1(O)CC(N)c2ccccc21. The van der Waals surface area contributed by atoms with Gasteiger partial charge in [-0.3, -0.25) is 0 Å². The van der Waals surface area contributed by atoms with Crippen LogP contribution in [0.25, 0.3) is 0 Å². The highest BCUT2D eigenvalue weighted by molar-refractivity contribution is 5.44. The molecule has 17 heavy (non-hydrogen) atoms.